The van der Waals surface area contributed by atoms with Gasteiger partial charge in [-0.1, -0.05) is 79.4 Å². The lowest BCUT2D eigenvalue weighted by molar-refractivity contribution is 0.350. The standard InChI is InChI=1S/C15H24O2.C13H20O2/c1-3-5-8-12(9-6-4-2)15-13(16)10-7-11-14(15)17;1-8(2)12(9(3)4)13-10(14)6-5-7-11(13)15/h7,10-12,16-17H,3-6,8-9H2,1-2H3;5-9,12,14-15H,1-4H3. The average Bonchev–Trinajstić information content (AvgIpc) is 2.72. The van der Waals surface area contributed by atoms with Crippen LogP contribution in [0.1, 0.15) is 103 Å². The summed E-state index contributed by atoms with van der Waals surface area (Å²) in [6.45, 7) is 12.8. The van der Waals surface area contributed by atoms with Gasteiger partial charge in [0.05, 0.1) is 0 Å². The first-order chi connectivity index (χ1) is 15.1. The molecule has 2 aromatic carbocycles. The molecule has 32 heavy (non-hydrogen) atoms. The van der Waals surface area contributed by atoms with Crippen molar-refractivity contribution in [3.63, 3.8) is 0 Å². The van der Waals surface area contributed by atoms with Crippen LogP contribution in [-0.4, -0.2) is 20.4 Å². The van der Waals surface area contributed by atoms with E-state index in [0.717, 1.165) is 44.1 Å². The summed E-state index contributed by atoms with van der Waals surface area (Å²) in [7, 11) is 0. The van der Waals surface area contributed by atoms with E-state index in [0.29, 0.717) is 17.4 Å². The summed E-state index contributed by atoms with van der Waals surface area (Å²) in [4.78, 5) is 0. The van der Waals surface area contributed by atoms with Crippen LogP contribution < -0.4 is 0 Å². The molecule has 0 aliphatic rings. The SMILES string of the molecule is CC(C)C(c1c(O)cccc1O)C(C)C.CCCCC(CCCC)c1c(O)cccc1O. The van der Waals surface area contributed by atoms with Gasteiger partial charge in [-0.25, -0.2) is 0 Å². The molecule has 4 N–H and O–H groups in total. The Morgan fingerprint density at radius 3 is 1.25 bits per heavy atom. The Labute approximate surface area is 195 Å². The molecule has 180 valence electrons. The van der Waals surface area contributed by atoms with Gasteiger partial charge in [0.2, 0.25) is 0 Å². The van der Waals surface area contributed by atoms with Gasteiger partial charge >= 0.3 is 0 Å². The van der Waals surface area contributed by atoms with Gasteiger partial charge in [0.25, 0.3) is 0 Å². The summed E-state index contributed by atoms with van der Waals surface area (Å²) in [5.74, 6) is 2.13. The Morgan fingerprint density at radius 1 is 0.594 bits per heavy atom. The topological polar surface area (TPSA) is 80.9 Å². The fourth-order valence-electron chi connectivity index (χ4n) is 4.61. The van der Waals surface area contributed by atoms with Crippen molar-refractivity contribution < 1.29 is 20.4 Å². The smallest absolute Gasteiger partial charge is 0.122 e. The molecular weight excluding hydrogens is 400 g/mol. The summed E-state index contributed by atoms with van der Waals surface area (Å²) >= 11 is 0. The highest BCUT2D eigenvalue weighted by atomic mass is 16.3. The van der Waals surface area contributed by atoms with Crippen LogP contribution in [0.25, 0.3) is 0 Å². The Bertz CT molecular complexity index is 742. The van der Waals surface area contributed by atoms with Gasteiger partial charge in [-0.2, -0.15) is 0 Å². The quantitative estimate of drug-likeness (QED) is 0.299. The normalized spacial score (nSPS) is 11.3. The molecule has 2 aromatic rings. The number of hydrogen-bond acceptors (Lipinski definition) is 4. The zero-order valence-corrected chi connectivity index (χ0v) is 20.8. The maximum atomic E-state index is 9.90. The van der Waals surface area contributed by atoms with Crippen molar-refractivity contribution in [2.75, 3.05) is 0 Å². The van der Waals surface area contributed by atoms with Gasteiger partial charge in [0.15, 0.2) is 0 Å². The molecule has 0 aliphatic carbocycles. The van der Waals surface area contributed by atoms with Crippen LogP contribution in [0, 0.1) is 11.8 Å². The average molecular weight is 445 g/mol. The second-order valence-corrected chi connectivity index (χ2v) is 9.42. The fraction of sp³-hybridized carbons (Fsp3) is 0.571. The minimum atomic E-state index is 0.186. The molecule has 4 heteroatoms. The van der Waals surface area contributed by atoms with Crippen LogP contribution in [0.2, 0.25) is 0 Å². The highest BCUT2D eigenvalue weighted by molar-refractivity contribution is 5.46. The third-order valence-corrected chi connectivity index (χ3v) is 6.11. The van der Waals surface area contributed by atoms with Crippen molar-refractivity contribution in [1.82, 2.24) is 0 Å². The van der Waals surface area contributed by atoms with Crippen LogP contribution in [0.4, 0.5) is 0 Å². The largest absolute Gasteiger partial charge is 0.508 e. The molecule has 0 heterocycles. The molecule has 4 nitrogen and oxygen atoms in total. The number of benzene rings is 2. The predicted octanol–water partition coefficient (Wildman–Crippen LogP) is 8.06. The number of phenolic OH excluding ortho intramolecular Hbond substituents is 4. The third kappa shape index (κ3) is 7.96. The summed E-state index contributed by atoms with van der Waals surface area (Å²) in [6.07, 6.45) is 6.67. The van der Waals surface area contributed by atoms with Crippen LogP contribution in [-0.2, 0) is 0 Å². The van der Waals surface area contributed by atoms with Gasteiger partial charge in [-0.05, 0) is 60.8 Å². The van der Waals surface area contributed by atoms with E-state index in [1.807, 2.05) is 0 Å². The van der Waals surface area contributed by atoms with Crippen molar-refractivity contribution in [1.29, 1.82) is 0 Å². The molecule has 0 unspecified atom stereocenters. The van der Waals surface area contributed by atoms with E-state index >= 15 is 0 Å². The second kappa shape index (κ2) is 13.9. The molecule has 0 amide bonds. The molecule has 0 saturated heterocycles. The summed E-state index contributed by atoms with van der Waals surface area (Å²) in [5.41, 5.74) is 1.43. The lowest BCUT2D eigenvalue weighted by Crippen LogP contribution is -2.13. The minimum Gasteiger partial charge on any atom is -0.508 e. The molecule has 0 aliphatic heterocycles. The molecule has 0 radical (unpaired) electrons. The van der Waals surface area contributed by atoms with Gasteiger partial charge in [-0.15, -0.1) is 0 Å². The van der Waals surface area contributed by atoms with E-state index in [1.165, 1.54) is 0 Å². The first-order valence-corrected chi connectivity index (χ1v) is 12.2. The monoisotopic (exact) mass is 444 g/mol. The van der Waals surface area contributed by atoms with E-state index in [1.54, 1.807) is 36.4 Å². The van der Waals surface area contributed by atoms with Gasteiger partial charge < -0.3 is 20.4 Å². The highest BCUT2D eigenvalue weighted by Crippen LogP contribution is 2.42. The highest BCUT2D eigenvalue weighted by Gasteiger charge is 2.25. The first kappa shape index (κ1) is 27.7. The van der Waals surface area contributed by atoms with Crippen LogP contribution in [0.3, 0.4) is 0 Å². The van der Waals surface area contributed by atoms with Crippen LogP contribution >= 0.6 is 0 Å². The zero-order chi connectivity index (χ0) is 24.3. The van der Waals surface area contributed by atoms with Crippen molar-refractivity contribution in [2.45, 2.75) is 91.9 Å². The third-order valence-electron chi connectivity index (χ3n) is 6.11. The molecule has 0 bridgehead atoms. The molecule has 0 saturated carbocycles. The Morgan fingerprint density at radius 2 is 0.938 bits per heavy atom. The zero-order valence-electron chi connectivity index (χ0n) is 20.8. The van der Waals surface area contributed by atoms with Gasteiger partial charge in [-0.3, -0.25) is 0 Å². The molecule has 0 fully saturated rings. The molecule has 0 aromatic heterocycles. The Hall–Kier alpha value is -2.36. The Balaban J connectivity index is 0.000000323. The van der Waals surface area contributed by atoms with Gasteiger partial charge in [0.1, 0.15) is 23.0 Å². The van der Waals surface area contributed by atoms with E-state index in [2.05, 4.69) is 41.5 Å². The van der Waals surface area contributed by atoms with E-state index in [-0.39, 0.29) is 34.8 Å². The van der Waals surface area contributed by atoms with Crippen LogP contribution in [0.15, 0.2) is 36.4 Å². The number of unbranched alkanes of at least 4 members (excludes halogenated alkanes) is 2. The predicted molar refractivity (Wildman–Crippen MR) is 134 cm³/mol. The second-order valence-electron chi connectivity index (χ2n) is 9.42. The molecular formula is C28H44O4. The van der Waals surface area contributed by atoms with Crippen molar-refractivity contribution >= 4 is 0 Å². The fourth-order valence-corrected chi connectivity index (χ4v) is 4.61. The minimum absolute atomic E-state index is 0.186. The number of hydrogen-bond donors (Lipinski definition) is 4. The number of rotatable bonds is 10. The molecule has 2 rings (SSSR count). The lowest BCUT2D eigenvalue weighted by Gasteiger charge is -2.26. The maximum Gasteiger partial charge on any atom is 0.122 e. The summed E-state index contributed by atoms with van der Waals surface area (Å²) < 4.78 is 0. The Kier molecular flexibility index (Phi) is 12.0. The summed E-state index contributed by atoms with van der Waals surface area (Å²) in [6, 6.07) is 9.94. The van der Waals surface area contributed by atoms with E-state index in [9.17, 15) is 20.4 Å². The maximum absolute atomic E-state index is 9.90. The molecule has 0 spiro atoms. The van der Waals surface area contributed by atoms with Crippen molar-refractivity contribution in [3.8, 4) is 23.0 Å². The van der Waals surface area contributed by atoms with Crippen LogP contribution in [0.5, 0.6) is 23.0 Å². The summed E-state index contributed by atoms with van der Waals surface area (Å²) in [5, 5.41) is 39.4. The van der Waals surface area contributed by atoms with Crippen molar-refractivity contribution in [3.05, 3.63) is 47.5 Å². The first-order valence-electron chi connectivity index (χ1n) is 12.2. The lowest BCUT2D eigenvalue weighted by atomic mass is 9.79. The van der Waals surface area contributed by atoms with E-state index < -0.39 is 0 Å². The molecule has 0 atom stereocenters. The van der Waals surface area contributed by atoms with E-state index in [4.69, 9.17) is 0 Å². The number of aromatic hydroxyl groups is 4. The van der Waals surface area contributed by atoms with Gasteiger partial charge in [0, 0.05) is 11.1 Å². The van der Waals surface area contributed by atoms with Crippen molar-refractivity contribution in [2.24, 2.45) is 11.8 Å². The number of phenols is 4.